The quantitative estimate of drug-likeness (QED) is 0.676. The number of benzene rings is 2. The second-order valence-corrected chi connectivity index (χ2v) is 6.18. The summed E-state index contributed by atoms with van der Waals surface area (Å²) in [4.78, 5) is 0. The monoisotopic (exact) mass is 356 g/mol. The summed E-state index contributed by atoms with van der Waals surface area (Å²) in [6.45, 7) is 1.38. The normalized spacial score (nSPS) is 10.4. The Bertz CT molecular complexity index is 800. The van der Waals surface area contributed by atoms with E-state index in [1.165, 1.54) is 0 Å². The first-order valence-electron chi connectivity index (χ1n) is 7.55. The predicted molar refractivity (Wildman–Crippen MR) is 102 cm³/mol. The van der Waals surface area contributed by atoms with Crippen molar-refractivity contribution in [3.63, 3.8) is 0 Å². The molecular formula is C18H17ClN4S. The van der Waals surface area contributed by atoms with Crippen molar-refractivity contribution in [2.75, 3.05) is 5.32 Å². The summed E-state index contributed by atoms with van der Waals surface area (Å²) >= 11 is 11.2. The molecule has 4 nitrogen and oxygen atoms in total. The van der Waals surface area contributed by atoms with Gasteiger partial charge in [0.25, 0.3) is 0 Å². The zero-order valence-electron chi connectivity index (χ0n) is 12.9. The smallest absolute Gasteiger partial charge is 0.171 e. The standard InChI is InChI=1S/C18H17ClN4S/c19-16-7-5-14(6-8-16)12-20-18(24)22-17-4-1-3-15(11-17)13-23-10-2-9-21-23/h1-11H,12-13H2,(H2,20,22,24). The second kappa shape index (κ2) is 7.95. The maximum Gasteiger partial charge on any atom is 0.171 e. The van der Waals surface area contributed by atoms with Gasteiger partial charge in [0.1, 0.15) is 0 Å². The van der Waals surface area contributed by atoms with Crippen LogP contribution >= 0.6 is 23.8 Å². The SMILES string of the molecule is S=C(NCc1ccc(Cl)cc1)Nc1cccc(Cn2cccn2)c1. The number of thiocarbonyl (C=S) groups is 1. The number of rotatable bonds is 5. The molecule has 0 bridgehead atoms. The minimum Gasteiger partial charge on any atom is -0.358 e. The van der Waals surface area contributed by atoms with Gasteiger partial charge < -0.3 is 10.6 Å². The van der Waals surface area contributed by atoms with Gasteiger partial charge in [-0.05, 0) is 53.7 Å². The average molecular weight is 357 g/mol. The van der Waals surface area contributed by atoms with Crippen molar-refractivity contribution in [2.45, 2.75) is 13.1 Å². The van der Waals surface area contributed by atoms with Crippen molar-refractivity contribution in [2.24, 2.45) is 0 Å². The molecule has 0 aliphatic heterocycles. The van der Waals surface area contributed by atoms with Gasteiger partial charge in [-0.3, -0.25) is 4.68 Å². The minimum absolute atomic E-state index is 0.584. The molecule has 0 unspecified atom stereocenters. The highest BCUT2D eigenvalue weighted by atomic mass is 35.5. The third kappa shape index (κ3) is 4.81. The zero-order chi connectivity index (χ0) is 16.8. The zero-order valence-corrected chi connectivity index (χ0v) is 14.5. The first-order chi connectivity index (χ1) is 11.7. The first kappa shape index (κ1) is 16.5. The Kier molecular flexibility index (Phi) is 5.46. The number of aromatic nitrogens is 2. The molecule has 1 heterocycles. The fourth-order valence-electron chi connectivity index (χ4n) is 2.29. The van der Waals surface area contributed by atoms with Gasteiger partial charge in [-0.25, -0.2) is 0 Å². The van der Waals surface area contributed by atoms with Gasteiger partial charge >= 0.3 is 0 Å². The summed E-state index contributed by atoms with van der Waals surface area (Å²) < 4.78 is 1.89. The van der Waals surface area contributed by atoms with Crippen molar-refractivity contribution in [3.05, 3.63) is 83.1 Å². The van der Waals surface area contributed by atoms with Crippen LogP contribution < -0.4 is 10.6 Å². The number of hydrogen-bond donors (Lipinski definition) is 2. The lowest BCUT2D eigenvalue weighted by Crippen LogP contribution is -2.27. The van der Waals surface area contributed by atoms with Crippen molar-refractivity contribution >= 4 is 34.6 Å². The Morgan fingerprint density at radius 3 is 2.67 bits per heavy atom. The third-order valence-electron chi connectivity index (χ3n) is 3.45. The van der Waals surface area contributed by atoms with E-state index in [0.29, 0.717) is 11.7 Å². The fraction of sp³-hybridized carbons (Fsp3) is 0.111. The minimum atomic E-state index is 0.584. The summed E-state index contributed by atoms with van der Waals surface area (Å²) in [5.41, 5.74) is 3.23. The molecule has 24 heavy (non-hydrogen) atoms. The Morgan fingerprint density at radius 2 is 1.92 bits per heavy atom. The van der Waals surface area contributed by atoms with Gasteiger partial charge in [0, 0.05) is 29.6 Å². The molecule has 3 rings (SSSR count). The predicted octanol–water partition coefficient (Wildman–Crippen LogP) is 4.07. The van der Waals surface area contributed by atoms with E-state index in [9.17, 15) is 0 Å². The van der Waals surface area contributed by atoms with Gasteiger partial charge in [-0.15, -0.1) is 0 Å². The second-order valence-electron chi connectivity index (χ2n) is 5.34. The Hall–Kier alpha value is -2.37. The molecular weight excluding hydrogens is 340 g/mol. The molecule has 0 aliphatic carbocycles. The van der Waals surface area contributed by atoms with Crippen LogP contribution in [0.15, 0.2) is 67.0 Å². The van der Waals surface area contributed by atoms with Crippen molar-refractivity contribution in [1.82, 2.24) is 15.1 Å². The molecule has 0 amide bonds. The Balaban J connectivity index is 1.55. The van der Waals surface area contributed by atoms with Crippen LogP contribution in [0.25, 0.3) is 0 Å². The molecule has 0 radical (unpaired) electrons. The van der Waals surface area contributed by atoms with Gasteiger partial charge in [0.05, 0.1) is 6.54 Å². The average Bonchev–Trinajstić information content (AvgIpc) is 3.08. The van der Waals surface area contributed by atoms with Crippen LogP contribution in [-0.2, 0) is 13.1 Å². The Labute approximate surface area is 151 Å². The van der Waals surface area contributed by atoms with Crippen LogP contribution in [0.5, 0.6) is 0 Å². The lowest BCUT2D eigenvalue weighted by Gasteiger charge is -2.12. The lowest BCUT2D eigenvalue weighted by molar-refractivity contribution is 0.687. The molecule has 0 spiro atoms. The van der Waals surface area contributed by atoms with Crippen LogP contribution in [0.3, 0.4) is 0 Å². The van der Waals surface area contributed by atoms with E-state index < -0.39 is 0 Å². The number of nitrogens with zero attached hydrogens (tertiary/aromatic N) is 2. The van der Waals surface area contributed by atoms with E-state index in [4.69, 9.17) is 23.8 Å². The lowest BCUT2D eigenvalue weighted by atomic mass is 10.2. The van der Waals surface area contributed by atoms with E-state index in [2.05, 4.69) is 27.9 Å². The van der Waals surface area contributed by atoms with Crippen LogP contribution in [0.4, 0.5) is 5.69 Å². The van der Waals surface area contributed by atoms with Gasteiger partial charge in [0.2, 0.25) is 0 Å². The largest absolute Gasteiger partial charge is 0.358 e. The first-order valence-corrected chi connectivity index (χ1v) is 8.33. The number of nitrogens with one attached hydrogen (secondary N) is 2. The van der Waals surface area contributed by atoms with Crippen molar-refractivity contribution in [1.29, 1.82) is 0 Å². The molecule has 2 aromatic carbocycles. The molecule has 0 saturated carbocycles. The topological polar surface area (TPSA) is 41.9 Å². The van der Waals surface area contributed by atoms with E-state index in [0.717, 1.165) is 28.4 Å². The van der Waals surface area contributed by atoms with Gasteiger partial charge in [-0.1, -0.05) is 35.9 Å². The van der Waals surface area contributed by atoms with E-state index in [1.54, 1.807) is 6.20 Å². The molecule has 122 valence electrons. The highest BCUT2D eigenvalue weighted by Gasteiger charge is 2.01. The van der Waals surface area contributed by atoms with Crippen molar-refractivity contribution < 1.29 is 0 Å². The Morgan fingerprint density at radius 1 is 1.08 bits per heavy atom. The van der Waals surface area contributed by atoms with Crippen LogP contribution in [0.1, 0.15) is 11.1 Å². The summed E-state index contributed by atoms with van der Waals surface area (Å²) in [7, 11) is 0. The van der Waals surface area contributed by atoms with E-state index in [-0.39, 0.29) is 0 Å². The van der Waals surface area contributed by atoms with Gasteiger partial charge in [0.15, 0.2) is 5.11 Å². The molecule has 6 heteroatoms. The third-order valence-corrected chi connectivity index (χ3v) is 3.95. The highest BCUT2D eigenvalue weighted by molar-refractivity contribution is 7.80. The molecule has 1 aromatic heterocycles. The molecule has 0 atom stereocenters. The van der Waals surface area contributed by atoms with E-state index >= 15 is 0 Å². The summed E-state index contributed by atoms with van der Waals surface area (Å²) in [6.07, 6.45) is 3.72. The van der Waals surface area contributed by atoms with Crippen LogP contribution in [-0.4, -0.2) is 14.9 Å². The van der Waals surface area contributed by atoms with Crippen molar-refractivity contribution in [3.8, 4) is 0 Å². The molecule has 0 fully saturated rings. The summed E-state index contributed by atoms with van der Waals surface area (Å²) in [5, 5.41) is 11.9. The number of halogens is 1. The molecule has 3 aromatic rings. The molecule has 2 N–H and O–H groups in total. The highest BCUT2D eigenvalue weighted by Crippen LogP contribution is 2.12. The van der Waals surface area contributed by atoms with Crippen LogP contribution in [0, 0.1) is 0 Å². The number of anilines is 1. The fourth-order valence-corrected chi connectivity index (χ4v) is 2.60. The maximum atomic E-state index is 5.88. The summed E-state index contributed by atoms with van der Waals surface area (Å²) in [6, 6.07) is 17.7. The number of hydrogen-bond acceptors (Lipinski definition) is 2. The van der Waals surface area contributed by atoms with Gasteiger partial charge in [-0.2, -0.15) is 5.10 Å². The maximum absolute atomic E-state index is 5.88. The van der Waals surface area contributed by atoms with E-state index in [1.807, 2.05) is 53.3 Å². The molecule has 0 aliphatic rings. The summed E-state index contributed by atoms with van der Waals surface area (Å²) in [5.74, 6) is 0. The molecule has 0 saturated heterocycles. The van der Waals surface area contributed by atoms with Crippen LogP contribution in [0.2, 0.25) is 5.02 Å².